The van der Waals surface area contributed by atoms with Gasteiger partial charge in [-0.2, -0.15) is 0 Å². The summed E-state index contributed by atoms with van der Waals surface area (Å²) in [6.07, 6.45) is 5.08. The average Bonchev–Trinajstić information content (AvgIpc) is 3.67. The van der Waals surface area contributed by atoms with E-state index in [9.17, 15) is 9.90 Å². The fraction of sp³-hybridized carbons (Fsp3) is 0.537. The Morgan fingerprint density at radius 1 is 1.06 bits per heavy atom. The van der Waals surface area contributed by atoms with Gasteiger partial charge in [0.15, 0.2) is 0 Å². The van der Waals surface area contributed by atoms with Crippen LogP contribution in [-0.2, 0) is 20.8 Å². The molecule has 1 spiro atoms. The average molecular weight is 781 g/mol. The third-order valence-corrected chi connectivity index (χ3v) is 13.7. The van der Waals surface area contributed by atoms with Gasteiger partial charge < -0.3 is 24.5 Å². The first-order valence-electron chi connectivity index (χ1n) is 18.0. The number of anilines is 1. The molecule has 1 N–H and O–H groups in total. The van der Waals surface area contributed by atoms with E-state index in [2.05, 4.69) is 63.7 Å². The van der Waals surface area contributed by atoms with Crippen molar-refractivity contribution in [3.8, 4) is 5.75 Å². The highest BCUT2D eigenvalue weighted by Crippen LogP contribution is 2.68. The lowest BCUT2D eigenvalue weighted by Crippen LogP contribution is -2.62. The first-order valence-corrected chi connectivity index (χ1v) is 19.8. The molecule has 51 heavy (non-hydrogen) atoms. The molecule has 2 aromatic carbocycles. The number of hydrogen-bond acceptors (Lipinski definition) is 6. The molecule has 3 unspecified atom stereocenters. The van der Waals surface area contributed by atoms with Crippen LogP contribution in [0.25, 0.3) is 0 Å². The fourth-order valence-corrected chi connectivity index (χ4v) is 12.6. The van der Waals surface area contributed by atoms with Crippen LogP contribution in [0, 0.1) is 17.3 Å². The fourth-order valence-electron chi connectivity index (χ4n) is 8.99. The van der Waals surface area contributed by atoms with Gasteiger partial charge in [0.1, 0.15) is 11.8 Å². The highest BCUT2D eigenvalue weighted by Gasteiger charge is 2.76. The lowest BCUT2D eigenvalue weighted by atomic mass is 9.70. The van der Waals surface area contributed by atoms with Crippen molar-refractivity contribution in [2.45, 2.75) is 93.3 Å². The zero-order valence-electron chi connectivity index (χ0n) is 30.9. The monoisotopic (exact) mass is 779 g/mol. The van der Waals surface area contributed by atoms with Gasteiger partial charge in [-0.15, -0.1) is 24.9 Å². The van der Waals surface area contributed by atoms with Crippen LogP contribution < -0.4 is 9.64 Å². The number of carbonyl (C=O) groups is 3. The lowest BCUT2D eigenvalue weighted by Gasteiger charge is -2.46. The summed E-state index contributed by atoms with van der Waals surface area (Å²) in [7, 11) is 0. The van der Waals surface area contributed by atoms with Crippen LogP contribution in [0.4, 0.5) is 5.69 Å². The van der Waals surface area contributed by atoms with Crippen LogP contribution in [0.2, 0.25) is 0 Å². The molecule has 3 heterocycles. The molecule has 10 heteroatoms. The second-order valence-corrected chi connectivity index (χ2v) is 18.6. The minimum absolute atomic E-state index is 0.0787. The van der Waals surface area contributed by atoms with Gasteiger partial charge >= 0.3 is 0 Å². The number of amides is 3. The van der Waals surface area contributed by atoms with E-state index in [1.807, 2.05) is 66.4 Å². The van der Waals surface area contributed by atoms with Crippen molar-refractivity contribution in [2.75, 3.05) is 31.2 Å². The van der Waals surface area contributed by atoms with Crippen LogP contribution in [-0.4, -0.2) is 91.4 Å². The van der Waals surface area contributed by atoms with Gasteiger partial charge in [-0.25, -0.2) is 0 Å². The summed E-state index contributed by atoms with van der Waals surface area (Å²) in [5, 5.41) is 10.8. The topological polar surface area (TPSA) is 90.4 Å². The SMILES string of the molecule is C=CCN(C(=O)[C@H]1[C@H]2C(=O)N([C@@H](CO)Cc3ccccc3)C(C(=O)N(CC=C)C(C)(C)CC(C)(C)C)C23CC(Br)[C@@H]1S3)c1ccc(OCC)cc1. The summed E-state index contributed by atoms with van der Waals surface area (Å²) < 4.78 is 4.77. The molecule has 3 saturated heterocycles. The molecular formula is C41H54BrN3O5S. The minimum atomic E-state index is -0.888. The number of halogens is 1. The van der Waals surface area contributed by atoms with Crippen LogP contribution in [0.15, 0.2) is 79.9 Å². The molecule has 2 aromatic rings. The van der Waals surface area contributed by atoms with Crippen molar-refractivity contribution in [3.05, 3.63) is 85.5 Å². The highest BCUT2D eigenvalue weighted by atomic mass is 79.9. The molecule has 276 valence electrons. The molecule has 0 aliphatic carbocycles. The summed E-state index contributed by atoms with van der Waals surface area (Å²) >= 11 is 5.54. The molecule has 5 rings (SSSR count). The summed E-state index contributed by atoms with van der Waals surface area (Å²) in [6.45, 7) is 21.3. The van der Waals surface area contributed by atoms with E-state index < -0.39 is 34.2 Å². The smallest absolute Gasteiger partial charge is 0.247 e. The van der Waals surface area contributed by atoms with Crippen LogP contribution in [0.5, 0.6) is 5.75 Å². The third-order valence-electron chi connectivity index (χ3n) is 10.5. The Balaban J connectivity index is 1.62. The maximum Gasteiger partial charge on any atom is 0.247 e. The second kappa shape index (κ2) is 15.5. The molecular weight excluding hydrogens is 726 g/mol. The number of aliphatic hydroxyl groups excluding tert-OH is 1. The molecule has 8 nitrogen and oxygen atoms in total. The van der Waals surface area contributed by atoms with E-state index in [1.54, 1.807) is 33.7 Å². The highest BCUT2D eigenvalue weighted by molar-refractivity contribution is 9.09. The number of fused-ring (bicyclic) bond motifs is 1. The van der Waals surface area contributed by atoms with Gasteiger partial charge in [0.05, 0.1) is 35.8 Å². The molecule has 2 bridgehead atoms. The number of hydrogen-bond donors (Lipinski definition) is 1. The standard InChI is InChI=1S/C41H54BrN3O5S/c1-9-21-43(28-17-19-30(20-18-28)50-11-3)36(47)32-33-37(48)45(29(25-46)23-27-15-13-12-14-16-27)35(41(33)24-31(42)34(32)51-41)38(49)44(22-10-2)40(7,8)26-39(4,5)6/h9-10,12-20,29,31-35,46H,1-2,11,21-26H2,3-8H3/t29-,31?,32+,33+,34+,35?,41?/m1/s1. The number of nitrogens with zero attached hydrogens (tertiary/aromatic N) is 3. The van der Waals surface area contributed by atoms with E-state index in [1.165, 1.54) is 0 Å². The first-order chi connectivity index (χ1) is 24.1. The number of carbonyl (C=O) groups excluding carboxylic acids is 3. The Labute approximate surface area is 316 Å². The van der Waals surface area contributed by atoms with Crippen molar-refractivity contribution < 1.29 is 24.2 Å². The van der Waals surface area contributed by atoms with Crippen molar-refractivity contribution in [1.29, 1.82) is 0 Å². The predicted octanol–water partition coefficient (Wildman–Crippen LogP) is 6.90. The normalized spacial score (nSPS) is 26.1. The second-order valence-electron chi connectivity index (χ2n) is 15.9. The number of thioether (sulfide) groups is 1. The Hall–Kier alpha value is -3.08. The van der Waals surface area contributed by atoms with Crippen molar-refractivity contribution in [2.24, 2.45) is 17.3 Å². The van der Waals surface area contributed by atoms with Gasteiger partial charge in [0, 0.05) is 34.4 Å². The quantitative estimate of drug-likeness (QED) is 0.156. The molecule has 3 fully saturated rings. The van der Waals surface area contributed by atoms with Gasteiger partial charge in [-0.05, 0) is 75.3 Å². The zero-order valence-corrected chi connectivity index (χ0v) is 33.3. The minimum Gasteiger partial charge on any atom is -0.494 e. The predicted molar refractivity (Wildman–Crippen MR) is 210 cm³/mol. The van der Waals surface area contributed by atoms with Crippen molar-refractivity contribution in [3.63, 3.8) is 0 Å². The van der Waals surface area contributed by atoms with Crippen LogP contribution in [0.1, 0.15) is 59.9 Å². The summed E-state index contributed by atoms with van der Waals surface area (Å²) in [5.41, 5.74) is 0.992. The maximum absolute atomic E-state index is 15.4. The Bertz CT molecular complexity index is 1590. The molecule has 3 amide bonds. The van der Waals surface area contributed by atoms with E-state index in [0.717, 1.165) is 12.0 Å². The molecule has 0 saturated carbocycles. The first kappa shape index (κ1) is 39.1. The maximum atomic E-state index is 15.4. The molecule has 3 aliphatic rings. The van der Waals surface area contributed by atoms with Crippen molar-refractivity contribution >= 4 is 51.1 Å². The number of likely N-dealkylation sites (tertiary alicyclic amines) is 1. The Kier molecular flexibility index (Phi) is 11.9. The molecule has 0 radical (unpaired) electrons. The van der Waals surface area contributed by atoms with Crippen LogP contribution >= 0.6 is 27.7 Å². The summed E-state index contributed by atoms with van der Waals surface area (Å²) in [6, 6.07) is 15.6. The number of ether oxygens (including phenoxy) is 1. The van der Waals surface area contributed by atoms with Gasteiger partial charge in [-0.3, -0.25) is 14.4 Å². The third kappa shape index (κ3) is 7.56. The number of alkyl halides is 1. The number of rotatable bonds is 15. The largest absolute Gasteiger partial charge is 0.494 e. The van der Waals surface area contributed by atoms with E-state index in [-0.39, 0.29) is 46.4 Å². The van der Waals surface area contributed by atoms with Crippen molar-refractivity contribution in [1.82, 2.24) is 9.80 Å². The van der Waals surface area contributed by atoms with Gasteiger partial charge in [-0.1, -0.05) is 79.2 Å². The summed E-state index contributed by atoms with van der Waals surface area (Å²) in [5.74, 6) is -1.32. The molecule has 3 aliphatic heterocycles. The molecule has 0 aromatic heterocycles. The van der Waals surface area contributed by atoms with E-state index in [4.69, 9.17) is 4.74 Å². The Morgan fingerprint density at radius 2 is 1.71 bits per heavy atom. The van der Waals surface area contributed by atoms with Gasteiger partial charge in [0.25, 0.3) is 0 Å². The van der Waals surface area contributed by atoms with E-state index >= 15 is 9.59 Å². The number of aliphatic hydroxyl groups is 1. The van der Waals surface area contributed by atoms with E-state index in [0.29, 0.717) is 37.4 Å². The molecule has 7 atom stereocenters. The zero-order chi connectivity index (χ0) is 37.3. The number of benzene rings is 2. The van der Waals surface area contributed by atoms with Gasteiger partial charge in [0.2, 0.25) is 17.7 Å². The Morgan fingerprint density at radius 3 is 2.27 bits per heavy atom. The summed E-state index contributed by atoms with van der Waals surface area (Å²) in [4.78, 5) is 50.6. The lowest BCUT2D eigenvalue weighted by molar-refractivity contribution is -0.149. The van der Waals surface area contributed by atoms with Crippen LogP contribution in [0.3, 0.4) is 0 Å².